The van der Waals surface area contributed by atoms with E-state index in [1.807, 2.05) is 22.6 Å². The monoisotopic (exact) mass is 282 g/mol. The number of aliphatic hydroxyl groups excluding tert-OH is 1. The van der Waals surface area contributed by atoms with Crippen LogP contribution in [0.25, 0.3) is 0 Å². The number of hydrogen-bond acceptors (Lipinski definition) is 2. The average Bonchev–Trinajstić information content (AvgIpc) is 2.06. The summed E-state index contributed by atoms with van der Waals surface area (Å²) in [7, 11) is 1.40. The third-order valence-corrected chi connectivity index (χ3v) is 2.35. The van der Waals surface area contributed by atoms with E-state index in [4.69, 9.17) is 9.84 Å². The highest BCUT2D eigenvalue weighted by molar-refractivity contribution is 14.1. The average molecular weight is 282 g/mol. The van der Waals surface area contributed by atoms with Gasteiger partial charge in [-0.1, -0.05) is 6.07 Å². The zero-order valence-corrected chi connectivity index (χ0v) is 8.63. The Balaban J connectivity index is 3.24. The fourth-order valence-electron chi connectivity index (χ4n) is 0.882. The largest absolute Gasteiger partial charge is 0.493 e. The van der Waals surface area contributed by atoms with Gasteiger partial charge in [0.25, 0.3) is 0 Å². The van der Waals surface area contributed by atoms with Crippen molar-refractivity contribution in [3.8, 4) is 5.75 Å². The Hall–Kier alpha value is -0.360. The van der Waals surface area contributed by atoms with Crippen molar-refractivity contribution in [3.05, 3.63) is 27.1 Å². The molecular weight excluding hydrogens is 274 g/mol. The van der Waals surface area contributed by atoms with Crippen LogP contribution in [0.5, 0.6) is 5.75 Å². The van der Waals surface area contributed by atoms with Gasteiger partial charge < -0.3 is 9.84 Å². The van der Waals surface area contributed by atoms with Crippen LogP contribution < -0.4 is 4.74 Å². The second-order valence-electron chi connectivity index (χ2n) is 2.21. The molecular formula is C8H8FIO2. The third kappa shape index (κ3) is 1.69. The van der Waals surface area contributed by atoms with Crippen LogP contribution in [0.3, 0.4) is 0 Å². The van der Waals surface area contributed by atoms with Crippen LogP contribution >= 0.6 is 22.6 Å². The summed E-state index contributed by atoms with van der Waals surface area (Å²) >= 11 is 1.97. The van der Waals surface area contributed by atoms with E-state index in [-0.39, 0.29) is 17.9 Å². The Morgan fingerprint density at radius 3 is 2.75 bits per heavy atom. The molecule has 0 radical (unpaired) electrons. The normalized spacial score (nSPS) is 10.0. The molecule has 0 aromatic heterocycles. The first kappa shape index (κ1) is 9.73. The highest BCUT2D eigenvalue weighted by Crippen LogP contribution is 2.26. The van der Waals surface area contributed by atoms with Gasteiger partial charge in [0.05, 0.1) is 17.3 Å². The summed E-state index contributed by atoms with van der Waals surface area (Å²) in [6.45, 7) is -0.306. The number of ether oxygens (including phenoxy) is 1. The lowest BCUT2D eigenvalue weighted by Crippen LogP contribution is -1.96. The maximum atomic E-state index is 13.2. The summed E-state index contributed by atoms with van der Waals surface area (Å²) in [5, 5.41) is 8.73. The second-order valence-corrected chi connectivity index (χ2v) is 3.37. The van der Waals surface area contributed by atoms with Crippen molar-refractivity contribution in [1.29, 1.82) is 0 Å². The van der Waals surface area contributed by atoms with Gasteiger partial charge in [-0.05, 0) is 28.7 Å². The van der Waals surface area contributed by atoms with E-state index in [0.717, 1.165) is 0 Å². The highest BCUT2D eigenvalue weighted by atomic mass is 127. The van der Waals surface area contributed by atoms with Gasteiger partial charge >= 0.3 is 0 Å². The Labute approximate surface area is 83.5 Å². The molecule has 1 aromatic carbocycles. The fraction of sp³-hybridized carbons (Fsp3) is 0.250. The first-order valence-electron chi connectivity index (χ1n) is 3.32. The molecule has 0 fully saturated rings. The van der Waals surface area contributed by atoms with Crippen molar-refractivity contribution in [3.63, 3.8) is 0 Å². The van der Waals surface area contributed by atoms with E-state index in [9.17, 15) is 4.39 Å². The minimum Gasteiger partial charge on any atom is -0.493 e. The van der Waals surface area contributed by atoms with Gasteiger partial charge in [-0.15, -0.1) is 0 Å². The van der Waals surface area contributed by atoms with Crippen LogP contribution in [-0.2, 0) is 6.61 Å². The second kappa shape index (κ2) is 4.04. The zero-order valence-electron chi connectivity index (χ0n) is 6.47. The molecule has 0 bridgehead atoms. The van der Waals surface area contributed by atoms with Crippen molar-refractivity contribution < 1.29 is 14.2 Å². The summed E-state index contributed by atoms with van der Waals surface area (Å²) in [6, 6.07) is 3.24. The van der Waals surface area contributed by atoms with Gasteiger partial charge in [-0.25, -0.2) is 4.39 Å². The Bertz CT molecular complexity index is 289. The molecule has 0 spiro atoms. The van der Waals surface area contributed by atoms with E-state index >= 15 is 0 Å². The number of halogens is 2. The molecule has 0 aliphatic rings. The van der Waals surface area contributed by atoms with Crippen molar-refractivity contribution in [2.75, 3.05) is 7.11 Å². The van der Waals surface area contributed by atoms with Crippen LogP contribution in [0.1, 0.15) is 5.56 Å². The number of benzene rings is 1. The van der Waals surface area contributed by atoms with Crippen LogP contribution in [0.15, 0.2) is 12.1 Å². The van der Waals surface area contributed by atoms with E-state index in [1.54, 1.807) is 12.1 Å². The lowest BCUT2D eigenvalue weighted by atomic mass is 10.2. The Morgan fingerprint density at radius 1 is 1.58 bits per heavy atom. The number of aliphatic hydroxyl groups is 1. The van der Waals surface area contributed by atoms with Crippen LogP contribution in [-0.4, -0.2) is 12.2 Å². The van der Waals surface area contributed by atoms with Crippen molar-refractivity contribution >= 4 is 22.6 Å². The van der Waals surface area contributed by atoms with Gasteiger partial charge in [-0.3, -0.25) is 0 Å². The lowest BCUT2D eigenvalue weighted by Gasteiger charge is -2.06. The van der Waals surface area contributed by atoms with Gasteiger partial charge in [0.2, 0.25) is 0 Å². The molecule has 0 aliphatic heterocycles. The molecule has 2 nitrogen and oxygen atoms in total. The summed E-state index contributed by atoms with van der Waals surface area (Å²) in [6.07, 6.45) is 0. The topological polar surface area (TPSA) is 29.5 Å². The van der Waals surface area contributed by atoms with Crippen LogP contribution in [0.4, 0.5) is 4.39 Å². The van der Waals surface area contributed by atoms with E-state index < -0.39 is 5.82 Å². The lowest BCUT2D eigenvalue weighted by molar-refractivity contribution is 0.272. The minimum atomic E-state index is -0.480. The molecule has 1 N–H and O–H groups in total. The third-order valence-electron chi connectivity index (χ3n) is 1.50. The highest BCUT2D eigenvalue weighted by Gasteiger charge is 2.10. The quantitative estimate of drug-likeness (QED) is 0.840. The van der Waals surface area contributed by atoms with E-state index in [2.05, 4.69) is 0 Å². The molecule has 0 unspecified atom stereocenters. The van der Waals surface area contributed by atoms with Crippen molar-refractivity contribution in [2.24, 2.45) is 0 Å². The molecule has 4 heteroatoms. The summed E-state index contributed by atoms with van der Waals surface area (Å²) < 4.78 is 18.8. The Kier molecular flexibility index (Phi) is 3.28. The van der Waals surface area contributed by atoms with Crippen molar-refractivity contribution in [2.45, 2.75) is 6.61 Å². The smallest absolute Gasteiger partial charge is 0.171 e. The molecule has 0 atom stereocenters. The predicted molar refractivity (Wildman–Crippen MR) is 51.6 cm³/mol. The first-order chi connectivity index (χ1) is 5.70. The van der Waals surface area contributed by atoms with Gasteiger partial charge in [0.1, 0.15) is 0 Å². The standard InChI is InChI=1S/C8H8FIO2/c1-12-8-6(10)3-2-5(4-11)7(8)9/h2-3,11H,4H2,1H3. The number of rotatable bonds is 2. The van der Waals surface area contributed by atoms with E-state index in [1.165, 1.54) is 7.11 Å². The van der Waals surface area contributed by atoms with Gasteiger partial charge in [-0.2, -0.15) is 0 Å². The number of methoxy groups -OCH3 is 1. The summed E-state index contributed by atoms with van der Waals surface area (Å²) in [5.41, 5.74) is 0.257. The first-order valence-corrected chi connectivity index (χ1v) is 4.40. The maximum Gasteiger partial charge on any atom is 0.171 e. The minimum absolute atomic E-state index is 0.196. The SMILES string of the molecule is COc1c(I)ccc(CO)c1F. The maximum absolute atomic E-state index is 13.2. The molecule has 1 rings (SSSR count). The predicted octanol–water partition coefficient (Wildman–Crippen LogP) is 1.93. The zero-order chi connectivity index (χ0) is 9.14. The molecule has 0 saturated carbocycles. The molecule has 0 amide bonds. The molecule has 0 heterocycles. The van der Waals surface area contributed by atoms with Gasteiger partial charge in [0, 0.05) is 5.56 Å². The molecule has 1 aromatic rings. The molecule has 12 heavy (non-hydrogen) atoms. The molecule has 66 valence electrons. The fourth-order valence-corrected chi connectivity index (χ4v) is 1.52. The van der Waals surface area contributed by atoms with Crippen molar-refractivity contribution in [1.82, 2.24) is 0 Å². The molecule has 0 aliphatic carbocycles. The summed E-state index contributed by atoms with van der Waals surface area (Å²) in [4.78, 5) is 0. The van der Waals surface area contributed by atoms with Gasteiger partial charge in [0.15, 0.2) is 11.6 Å². The van der Waals surface area contributed by atoms with E-state index in [0.29, 0.717) is 3.57 Å². The summed E-state index contributed by atoms with van der Waals surface area (Å²) in [5.74, 6) is -0.283. The van der Waals surface area contributed by atoms with Crippen LogP contribution in [0.2, 0.25) is 0 Å². The van der Waals surface area contributed by atoms with Crippen LogP contribution in [0, 0.1) is 9.39 Å². The Morgan fingerprint density at radius 2 is 2.25 bits per heavy atom. The molecule has 0 saturated heterocycles. The number of hydrogen-bond donors (Lipinski definition) is 1.